The van der Waals surface area contributed by atoms with Gasteiger partial charge in [0, 0.05) is 0 Å². The van der Waals surface area contributed by atoms with E-state index in [-0.39, 0.29) is 63.5 Å². The molecule has 0 spiro atoms. The summed E-state index contributed by atoms with van der Waals surface area (Å²) >= 11 is 5.90. The number of carboxylic acids is 1. The van der Waals surface area contributed by atoms with Gasteiger partial charge in [0.1, 0.15) is 5.82 Å². The van der Waals surface area contributed by atoms with Gasteiger partial charge in [-0.15, -0.1) is 0 Å². The summed E-state index contributed by atoms with van der Waals surface area (Å²) in [6.45, 7) is 1.86. The van der Waals surface area contributed by atoms with Gasteiger partial charge in [-0.25, -0.2) is 9.18 Å². The van der Waals surface area contributed by atoms with Gasteiger partial charge in [0.05, 0.1) is 10.7 Å². The first-order valence-corrected chi connectivity index (χ1v) is 6.37. The number of aliphatic carboxylic acids is 1. The summed E-state index contributed by atoms with van der Waals surface area (Å²) in [6, 6.07) is 10.2. The van der Waals surface area contributed by atoms with Gasteiger partial charge in [-0.05, 0) is 24.6 Å². The minimum absolute atomic E-state index is 0. The molecule has 1 unspecified atom stereocenters. The summed E-state index contributed by atoms with van der Waals surface area (Å²) in [4.78, 5) is 11.4. The average Bonchev–Trinajstić information content (AvgIpc) is 2.38. The number of halogens is 2. The number of nitrogens with one attached hydrogen (secondary N) is 1. The molecule has 0 aliphatic heterocycles. The molecular weight excluding hydrogens is 320 g/mol. The summed E-state index contributed by atoms with van der Waals surface area (Å²) in [7, 11) is 0. The van der Waals surface area contributed by atoms with Crippen LogP contribution in [0, 0.1) is 12.7 Å². The average molecular weight is 334 g/mol. The van der Waals surface area contributed by atoms with Gasteiger partial charge in [0.2, 0.25) is 0 Å². The molecule has 2 aromatic carbocycles. The topological polar surface area (TPSA) is 49.3 Å². The van der Waals surface area contributed by atoms with Crippen LogP contribution >= 0.6 is 11.6 Å². The monoisotopic (exact) mass is 333 g/mol. The Bertz CT molecular complexity index is 637. The Labute approximate surface area is 171 Å². The van der Waals surface area contributed by atoms with Crippen molar-refractivity contribution in [1.82, 2.24) is 0 Å². The summed E-state index contributed by atoms with van der Waals surface area (Å²) in [5, 5.41) is 12.1. The number of benzene rings is 2. The van der Waals surface area contributed by atoms with Crippen LogP contribution in [0.15, 0.2) is 42.5 Å². The van der Waals surface area contributed by atoms with Gasteiger partial charge in [0.15, 0.2) is 6.04 Å². The largest absolute Gasteiger partial charge is 1.00 e. The van der Waals surface area contributed by atoms with Gasteiger partial charge in [-0.1, -0.05) is 47.5 Å². The van der Waals surface area contributed by atoms with E-state index in [0.29, 0.717) is 5.56 Å². The van der Waals surface area contributed by atoms with Crippen LogP contribution in [0.3, 0.4) is 0 Å². The van der Waals surface area contributed by atoms with Crippen LogP contribution in [0.1, 0.15) is 18.6 Å². The van der Waals surface area contributed by atoms with E-state index in [1.54, 1.807) is 18.2 Å². The minimum atomic E-state index is -1.10. The van der Waals surface area contributed by atoms with Gasteiger partial charge < -0.3 is 11.8 Å². The maximum atomic E-state index is 13.7. The molecule has 1 atom stereocenters. The number of hydrogen-bond donors (Lipinski definition) is 2. The number of rotatable bonds is 4. The number of carboxylic acid groups (broad SMARTS) is 1. The Hall–Kier alpha value is -0.434. The summed E-state index contributed by atoms with van der Waals surface area (Å²) in [5.41, 5.74) is 1.45. The zero-order valence-electron chi connectivity index (χ0n) is 12.7. The van der Waals surface area contributed by atoms with E-state index in [9.17, 15) is 14.3 Å². The summed E-state index contributed by atoms with van der Waals surface area (Å²) in [6.07, 6.45) is 0. The molecule has 2 N–H and O–H groups in total. The second kappa shape index (κ2) is 8.27. The van der Waals surface area contributed by atoms with Crippen LogP contribution in [0.5, 0.6) is 0 Å². The number of carbonyl (C=O) groups is 1. The summed E-state index contributed by atoms with van der Waals surface area (Å²) in [5.74, 6) is -1.69. The maximum absolute atomic E-state index is 13.7. The normalized spacial score (nSPS) is 11.4. The molecule has 0 fully saturated rings. The fraction of sp³-hybridized carbons (Fsp3) is 0.133. The van der Waals surface area contributed by atoms with Gasteiger partial charge in [-0.2, -0.15) is 0 Å². The minimum Gasteiger partial charge on any atom is -1.00 e. The molecule has 2 rings (SSSR count). The Morgan fingerprint density at radius 2 is 2.00 bits per heavy atom. The summed E-state index contributed by atoms with van der Waals surface area (Å²) < 4.78 is 13.7. The first-order valence-electron chi connectivity index (χ1n) is 5.99. The molecule has 6 heteroatoms. The molecule has 21 heavy (non-hydrogen) atoms. The van der Waals surface area contributed by atoms with Crippen LogP contribution in [-0.2, 0) is 4.79 Å². The van der Waals surface area contributed by atoms with Crippen molar-refractivity contribution in [2.75, 3.05) is 5.32 Å². The van der Waals surface area contributed by atoms with E-state index in [0.717, 1.165) is 5.56 Å². The fourth-order valence-corrected chi connectivity index (χ4v) is 2.13. The quantitative estimate of drug-likeness (QED) is 0.825. The van der Waals surface area contributed by atoms with Crippen LogP contribution in [0.25, 0.3) is 0 Å². The Balaban J connectivity index is 0.00000220. The molecule has 0 heterocycles. The van der Waals surface area contributed by atoms with Crippen molar-refractivity contribution in [3.05, 3.63) is 64.4 Å². The van der Waals surface area contributed by atoms with Crippen LogP contribution in [-0.4, -0.2) is 11.1 Å². The SMILES string of the molecule is Cc1cccc(C(Nc2c(F)cccc2Cl)C(=O)O)c1.[H-].[K+]. The fourth-order valence-electron chi connectivity index (χ4n) is 1.92. The number of hydrogen-bond acceptors (Lipinski definition) is 2. The zero-order chi connectivity index (χ0) is 14.7. The van der Waals surface area contributed by atoms with E-state index in [2.05, 4.69) is 5.32 Å². The van der Waals surface area contributed by atoms with Crippen LogP contribution in [0.2, 0.25) is 5.02 Å². The molecule has 0 radical (unpaired) electrons. The Kier molecular flexibility index (Phi) is 7.33. The predicted molar refractivity (Wildman–Crippen MR) is 77.7 cm³/mol. The van der Waals surface area contributed by atoms with Crippen LogP contribution in [0.4, 0.5) is 10.1 Å². The second-order valence-electron chi connectivity index (χ2n) is 4.43. The van der Waals surface area contributed by atoms with E-state index in [1.807, 2.05) is 13.0 Å². The van der Waals surface area contributed by atoms with E-state index in [1.165, 1.54) is 18.2 Å². The van der Waals surface area contributed by atoms with Crippen molar-refractivity contribution in [2.45, 2.75) is 13.0 Å². The first kappa shape index (κ1) is 18.6. The smallest absolute Gasteiger partial charge is 1.00 e. The number of aryl methyl sites for hydroxylation is 1. The van der Waals surface area contributed by atoms with Crippen molar-refractivity contribution in [3.63, 3.8) is 0 Å². The van der Waals surface area contributed by atoms with Crippen molar-refractivity contribution in [2.24, 2.45) is 0 Å². The first-order chi connectivity index (χ1) is 9.49. The Morgan fingerprint density at radius 3 is 2.57 bits per heavy atom. The Morgan fingerprint density at radius 1 is 1.33 bits per heavy atom. The van der Waals surface area contributed by atoms with E-state index < -0.39 is 17.8 Å². The zero-order valence-corrected chi connectivity index (χ0v) is 15.6. The molecule has 2 aromatic rings. The van der Waals surface area contributed by atoms with Gasteiger partial charge in [0.25, 0.3) is 0 Å². The number of para-hydroxylation sites is 1. The van der Waals surface area contributed by atoms with Gasteiger partial charge in [-0.3, -0.25) is 0 Å². The van der Waals surface area contributed by atoms with Gasteiger partial charge >= 0.3 is 57.4 Å². The molecule has 3 nitrogen and oxygen atoms in total. The molecule has 0 saturated heterocycles. The molecule has 106 valence electrons. The van der Waals surface area contributed by atoms with Crippen molar-refractivity contribution in [1.29, 1.82) is 0 Å². The third-order valence-corrected chi connectivity index (χ3v) is 3.19. The second-order valence-corrected chi connectivity index (χ2v) is 4.83. The van der Waals surface area contributed by atoms with E-state index >= 15 is 0 Å². The van der Waals surface area contributed by atoms with Crippen molar-refractivity contribution in [3.8, 4) is 0 Å². The molecule has 0 amide bonds. The standard InChI is InChI=1S/C15H13ClFNO2.K.H/c1-9-4-2-5-10(8-9)13(15(19)20)18-14-11(16)6-3-7-12(14)17;;/h2-8,13,18H,1H3,(H,19,20);;/q;+1;-1. The molecule has 0 saturated carbocycles. The molecule has 0 bridgehead atoms. The van der Waals surface area contributed by atoms with Crippen LogP contribution < -0.4 is 56.7 Å². The molecule has 0 aliphatic rings. The molecular formula is C15H14ClFKNO2. The van der Waals surface area contributed by atoms with Crippen molar-refractivity contribution < 1.29 is 67.1 Å². The predicted octanol–water partition coefficient (Wildman–Crippen LogP) is 1.14. The number of anilines is 1. The molecule has 0 aromatic heterocycles. The molecule has 0 aliphatic carbocycles. The third-order valence-electron chi connectivity index (χ3n) is 2.87. The third kappa shape index (κ3) is 4.77. The maximum Gasteiger partial charge on any atom is 1.00 e. The van der Waals surface area contributed by atoms with Crippen molar-refractivity contribution >= 4 is 23.3 Å². The van der Waals surface area contributed by atoms with E-state index in [4.69, 9.17) is 11.6 Å².